The molecule has 0 unspecified atom stereocenters. The van der Waals surface area contributed by atoms with Crippen LogP contribution in [0, 0.1) is 0 Å². The van der Waals surface area contributed by atoms with E-state index in [0.717, 1.165) is 6.07 Å². The van der Waals surface area contributed by atoms with Crippen molar-refractivity contribution >= 4 is 5.82 Å². The number of alkyl halides is 3. The molecule has 1 aromatic carbocycles. The van der Waals surface area contributed by atoms with Crippen LogP contribution in [0.15, 0.2) is 34.9 Å². The van der Waals surface area contributed by atoms with Crippen LogP contribution >= 0.6 is 0 Å². The number of nitrogens with zero attached hydrogens (tertiary/aromatic N) is 1. The summed E-state index contributed by atoms with van der Waals surface area (Å²) in [6, 6.07) is 6.32. The van der Waals surface area contributed by atoms with Gasteiger partial charge in [0.1, 0.15) is 12.4 Å². The van der Waals surface area contributed by atoms with E-state index in [1.54, 1.807) is 0 Å². The number of rotatable bonds is 3. The highest BCUT2D eigenvalue weighted by Crippen LogP contribution is 2.36. The van der Waals surface area contributed by atoms with E-state index in [0.29, 0.717) is 0 Å². The van der Waals surface area contributed by atoms with Crippen molar-refractivity contribution in [3.63, 3.8) is 0 Å². The Morgan fingerprint density at radius 3 is 2.61 bits per heavy atom. The molecule has 96 valence electrons. The van der Waals surface area contributed by atoms with Gasteiger partial charge in [-0.1, -0.05) is 17.3 Å². The second-order valence-electron chi connectivity index (χ2n) is 3.50. The predicted octanol–water partition coefficient (Wildman–Crippen LogP) is 2.85. The molecule has 0 aliphatic rings. The van der Waals surface area contributed by atoms with Crippen LogP contribution in [0.4, 0.5) is 19.0 Å². The number of nitrogens with two attached hydrogens (primary N) is 1. The number of para-hydroxylation sites is 1. The van der Waals surface area contributed by atoms with Crippen LogP contribution in [0.3, 0.4) is 0 Å². The van der Waals surface area contributed by atoms with Crippen LogP contribution in [0.1, 0.15) is 11.3 Å². The molecule has 18 heavy (non-hydrogen) atoms. The van der Waals surface area contributed by atoms with E-state index in [-0.39, 0.29) is 23.9 Å². The molecule has 0 bridgehead atoms. The highest BCUT2D eigenvalue weighted by atomic mass is 19.4. The molecule has 0 radical (unpaired) electrons. The fourth-order valence-corrected chi connectivity index (χ4v) is 1.37. The van der Waals surface area contributed by atoms with Crippen molar-refractivity contribution in [2.75, 3.05) is 5.73 Å². The fourth-order valence-electron chi connectivity index (χ4n) is 1.37. The van der Waals surface area contributed by atoms with Crippen molar-refractivity contribution in [2.24, 2.45) is 0 Å². The number of hydrogen-bond donors (Lipinski definition) is 1. The van der Waals surface area contributed by atoms with Gasteiger partial charge in [-0.05, 0) is 12.1 Å². The fraction of sp³-hybridized carbons (Fsp3) is 0.182. The van der Waals surface area contributed by atoms with Gasteiger partial charge < -0.3 is 15.0 Å². The zero-order chi connectivity index (χ0) is 13.2. The van der Waals surface area contributed by atoms with Crippen LogP contribution in [-0.2, 0) is 12.8 Å². The maximum atomic E-state index is 12.6. The number of benzene rings is 1. The van der Waals surface area contributed by atoms with Crippen LogP contribution < -0.4 is 10.5 Å². The number of ether oxygens (including phenoxy) is 1. The Morgan fingerprint density at radius 1 is 1.28 bits per heavy atom. The first kappa shape index (κ1) is 12.3. The van der Waals surface area contributed by atoms with Gasteiger partial charge in [0.15, 0.2) is 11.6 Å². The van der Waals surface area contributed by atoms with E-state index < -0.39 is 11.7 Å². The Morgan fingerprint density at radius 2 is 2.00 bits per heavy atom. The van der Waals surface area contributed by atoms with E-state index in [9.17, 15) is 13.2 Å². The largest absolute Gasteiger partial charge is 0.485 e. The van der Waals surface area contributed by atoms with E-state index in [1.807, 2.05) is 0 Å². The standard InChI is InChI=1S/C11H9F3N2O2/c12-11(13,14)8-3-1-2-4-9(8)17-6-7-5-10(15)16-18-7/h1-5H,6H2,(H2,15,16). The molecule has 2 rings (SSSR count). The summed E-state index contributed by atoms with van der Waals surface area (Å²) < 4.78 is 47.7. The molecule has 1 aromatic heterocycles. The first-order chi connectivity index (χ1) is 8.47. The lowest BCUT2D eigenvalue weighted by atomic mass is 10.2. The quantitative estimate of drug-likeness (QED) is 0.919. The normalized spacial score (nSPS) is 11.5. The zero-order valence-electron chi connectivity index (χ0n) is 9.07. The molecular formula is C11H9F3N2O2. The third-order valence-corrected chi connectivity index (χ3v) is 2.14. The number of nitrogen functional groups attached to an aromatic ring is 1. The highest BCUT2D eigenvalue weighted by molar-refractivity contribution is 5.35. The second-order valence-corrected chi connectivity index (χ2v) is 3.50. The third-order valence-electron chi connectivity index (χ3n) is 2.14. The van der Waals surface area contributed by atoms with E-state index >= 15 is 0 Å². The Balaban J connectivity index is 2.14. The van der Waals surface area contributed by atoms with Gasteiger partial charge in [-0.15, -0.1) is 0 Å². The van der Waals surface area contributed by atoms with Crippen LogP contribution in [-0.4, -0.2) is 5.16 Å². The molecule has 0 fully saturated rings. The topological polar surface area (TPSA) is 61.3 Å². The van der Waals surface area contributed by atoms with Gasteiger partial charge in [-0.25, -0.2) is 0 Å². The minimum Gasteiger partial charge on any atom is -0.485 e. The SMILES string of the molecule is Nc1cc(COc2ccccc2C(F)(F)F)on1. The summed E-state index contributed by atoms with van der Waals surface area (Å²) in [7, 11) is 0. The molecule has 0 saturated heterocycles. The lowest BCUT2D eigenvalue weighted by molar-refractivity contribution is -0.139. The summed E-state index contributed by atoms with van der Waals surface area (Å²) in [6.07, 6.45) is -4.46. The van der Waals surface area contributed by atoms with Crippen molar-refractivity contribution in [3.8, 4) is 5.75 Å². The Bertz CT molecular complexity index is 537. The van der Waals surface area contributed by atoms with Crippen molar-refractivity contribution in [1.29, 1.82) is 0 Å². The maximum Gasteiger partial charge on any atom is 0.419 e. The monoisotopic (exact) mass is 258 g/mol. The molecule has 7 heteroatoms. The van der Waals surface area contributed by atoms with Crippen molar-refractivity contribution in [2.45, 2.75) is 12.8 Å². The molecule has 4 nitrogen and oxygen atoms in total. The number of halogens is 3. The highest BCUT2D eigenvalue weighted by Gasteiger charge is 2.34. The van der Waals surface area contributed by atoms with Gasteiger partial charge in [-0.3, -0.25) is 0 Å². The molecule has 0 atom stereocenters. The van der Waals surface area contributed by atoms with Crippen molar-refractivity contribution < 1.29 is 22.4 Å². The maximum absolute atomic E-state index is 12.6. The van der Waals surface area contributed by atoms with Crippen LogP contribution in [0.2, 0.25) is 0 Å². The Kier molecular flexibility index (Phi) is 3.14. The Hall–Kier alpha value is -2.18. The molecule has 2 aromatic rings. The minimum atomic E-state index is -4.46. The van der Waals surface area contributed by atoms with Gasteiger partial charge in [0, 0.05) is 6.07 Å². The molecule has 2 N–H and O–H groups in total. The van der Waals surface area contributed by atoms with Gasteiger partial charge in [0.25, 0.3) is 0 Å². The van der Waals surface area contributed by atoms with Crippen molar-refractivity contribution in [1.82, 2.24) is 5.16 Å². The summed E-state index contributed by atoms with van der Waals surface area (Å²) >= 11 is 0. The second kappa shape index (κ2) is 4.59. The van der Waals surface area contributed by atoms with Gasteiger partial charge in [0.05, 0.1) is 5.56 Å². The molecule has 0 aliphatic heterocycles. The van der Waals surface area contributed by atoms with E-state index in [1.165, 1.54) is 24.3 Å². The molecule has 0 spiro atoms. The van der Waals surface area contributed by atoms with Crippen LogP contribution in [0.25, 0.3) is 0 Å². The molecule has 0 saturated carbocycles. The third kappa shape index (κ3) is 2.73. The summed E-state index contributed by atoms with van der Waals surface area (Å²) in [5.41, 5.74) is 4.47. The summed E-state index contributed by atoms with van der Waals surface area (Å²) in [5, 5.41) is 3.40. The summed E-state index contributed by atoms with van der Waals surface area (Å²) in [4.78, 5) is 0. The van der Waals surface area contributed by atoms with Gasteiger partial charge in [0.2, 0.25) is 0 Å². The smallest absolute Gasteiger partial charge is 0.419 e. The number of anilines is 1. The average Bonchev–Trinajstić information content (AvgIpc) is 2.72. The van der Waals surface area contributed by atoms with Gasteiger partial charge >= 0.3 is 6.18 Å². The molecule has 1 heterocycles. The molecule has 0 aliphatic carbocycles. The lowest BCUT2D eigenvalue weighted by Crippen LogP contribution is -2.08. The van der Waals surface area contributed by atoms with Crippen molar-refractivity contribution in [3.05, 3.63) is 41.7 Å². The number of aromatic nitrogens is 1. The first-order valence-electron chi connectivity index (χ1n) is 4.97. The first-order valence-corrected chi connectivity index (χ1v) is 4.97. The minimum absolute atomic E-state index is 0.151. The summed E-state index contributed by atoms with van der Waals surface area (Å²) in [6.45, 7) is -0.169. The Labute approximate surface area is 100 Å². The predicted molar refractivity (Wildman–Crippen MR) is 56.7 cm³/mol. The summed E-state index contributed by atoms with van der Waals surface area (Å²) in [5.74, 6) is 0.141. The van der Waals surface area contributed by atoms with E-state index in [2.05, 4.69) is 5.16 Å². The lowest BCUT2D eigenvalue weighted by Gasteiger charge is -2.12. The number of hydrogen-bond acceptors (Lipinski definition) is 4. The van der Waals surface area contributed by atoms with E-state index in [4.69, 9.17) is 15.0 Å². The van der Waals surface area contributed by atoms with Crippen LogP contribution in [0.5, 0.6) is 5.75 Å². The zero-order valence-corrected chi connectivity index (χ0v) is 9.07. The molecule has 0 amide bonds. The molecular weight excluding hydrogens is 249 g/mol. The average molecular weight is 258 g/mol. The van der Waals surface area contributed by atoms with Gasteiger partial charge in [-0.2, -0.15) is 13.2 Å².